The molecule has 0 fully saturated rings. The summed E-state index contributed by atoms with van der Waals surface area (Å²) in [5.41, 5.74) is 7.73. The summed E-state index contributed by atoms with van der Waals surface area (Å²) in [7, 11) is 0. The van der Waals surface area contributed by atoms with Gasteiger partial charge in [0.25, 0.3) is 5.91 Å². The first-order chi connectivity index (χ1) is 14.4. The third kappa shape index (κ3) is 5.91. The van der Waals surface area contributed by atoms with Crippen LogP contribution in [0.2, 0.25) is 0 Å². The lowest BCUT2D eigenvalue weighted by molar-refractivity contribution is -0.119. The van der Waals surface area contributed by atoms with Crippen LogP contribution in [0.4, 0.5) is 5.69 Å². The summed E-state index contributed by atoms with van der Waals surface area (Å²) in [5.74, 6) is -1.56. The first kappa shape index (κ1) is 21.5. The number of benzene rings is 2. The van der Waals surface area contributed by atoms with Gasteiger partial charge in [0.2, 0.25) is 5.91 Å². The van der Waals surface area contributed by atoms with Crippen molar-refractivity contribution in [2.45, 2.75) is 11.8 Å². The Bertz CT molecular complexity index is 1080. The molecule has 9 heteroatoms. The Hall–Kier alpha value is -3.17. The van der Waals surface area contributed by atoms with E-state index in [9.17, 15) is 14.4 Å². The maximum absolute atomic E-state index is 12.4. The minimum Gasteiger partial charge on any atom is -0.452 e. The minimum absolute atomic E-state index is 0.0413. The third-order valence-corrected chi connectivity index (χ3v) is 5.74. The van der Waals surface area contributed by atoms with Crippen molar-refractivity contribution >= 4 is 46.6 Å². The quantitative estimate of drug-likeness (QED) is 0.409. The van der Waals surface area contributed by atoms with Crippen molar-refractivity contribution < 1.29 is 19.1 Å². The molecule has 3 aromatic rings. The molecule has 0 aliphatic carbocycles. The molecule has 1 heterocycles. The first-order valence-corrected chi connectivity index (χ1v) is 10.8. The number of nitrogens with two attached hydrogens (primary N) is 1. The van der Waals surface area contributed by atoms with E-state index in [1.807, 2.05) is 30.5 Å². The van der Waals surface area contributed by atoms with Crippen LogP contribution in [-0.2, 0) is 14.3 Å². The van der Waals surface area contributed by atoms with E-state index in [4.69, 9.17) is 10.5 Å². The summed E-state index contributed by atoms with van der Waals surface area (Å²) < 4.78 is 5.14. The molecular formula is C21H19N3O4S2. The Morgan fingerprint density at radius 2 is 1.97 bits per heavy atom. The van der Waals surface area contributed by atoms with E-state index < -0.39 is 24.4 Å². The monoisotopic (exact) mass is 441 g/mol. The Labute approximate surface area is 181 Å². The Balaban J connectivity index is 1.59. The van der Waals surface area contributed by atoms with Gasteiger partial charge in [0, 0.05) is 21.5 Å². The zero-order chi connectivity index (χ0) is 21.5. The number of carbonyl (C=O) groups excluding carboxylic acids is 3. The summed E-state index contributed by atoms with van der Waals surface area (Å²) in [6, 6.07) is 14.0. The number of rotatable bonds is 8. The second-order valence-electron chi connectivity index (χ2n) is 6.21. The molecule has 2 amide bonds. The molecule has 0 radical (unpaired) electrons. The predicted octanol–water partition coefficient (Wildman–Crippen LogP) is 3.49. The molecule has 0 unspecified atom stereocenters. The van der Waals surface area contributed by atoms with Crippen LogP contribution < -0.4 is 11.1 Å². The van der Waals surface area contributed by atoms with Crippen LogP contribution in [0, 0.1) is 6.92 Å². The smallest absolute Gasteiger partial charge is 0.339 e. The number of ether oxygens (including phenoxy) is 1. The molecule has 2 aromatic carbocycles. The number of primary amides is 1. The molecule has 0 saturated heterocycles. The van der Waals surface area contributed by atoms with Crippen molar-refractivity contribution in [2.24, 2.45) is 5.73 Å². The van der Waals surface area contributed by atoms with E-state index in [1.165, 1.54) is 0 Å². The molecule has 0 saturated carbocycles. The average Bonchev–Trinajstić information content (AvgIpc) is 3.17. The van der Waals surface area contributed by atoms with Gasteiger partial charge in [0.15, 0.2) is 6.61 Å². The van der Waals surface area contributed by atoms with Crippen molar-refractivity contribution in [3.8, 4) is 11.3 Å². The second-order valence-corrected chi connectivity index (χ2v) is 8.29. The van der Waals surface area contributed by atoms with E-state index in [0.717, 1.165) is 28.0 Å². The molecule has 0 aliphatic rings. The largest absolute Gasteiger partial charge is 0.452 e. The number of aromatic nitrogens is 1. The van der Waals surface area contributed by atoms with E-state index >= 15 is 0 Å². The van der Waals surface area contributed by atoms with Gasteiger partial charge in [-0.25, -0.2) is 9.78 Å². The van der Waals surface area contributed by atoms with Crippen LogP contribution in [0.15, 0.2) is 58.8 Å². The van der Waals surface area contributed by atoms with Gasteiger partial charge in [-0.05, 0) is 31.2 Å². The molecule has 0 bridgehead atoms. The second kappa shape index (κ2) is 10.0. The van der Waals surface area contributed by atoms with Crippen LogP contribution >= 0.6 is 23.1 Å². The summed E-state index contributed by atoms with van der Waals surface area (Å²) in [4.78, 5) is 40.6. The number of thiazole rings is 1. The van der Waals surface area contributed by atoms with Gasteiger partial charge in [0.05, 0.1) is 22.0 Å². The van der Waals surface area contributed by atoms with Gasteiger partial charge in [0.1, 0.15) is 0 Å². The maximum Gasteiger partial charge on any atom is 0.339 e. The number of anilines is 1. The molecule has 0 spiro atoms. The van der Waals surface area contributed by atoms with E-state index in [-0.39, 0.29) is 11.3 Å². The number of hydrogen-bond donors (Lipinski definition) is 2. The van der Waals surface area contributed by atoms with Crippen molar-refractivity contribution in [2.75, 3.05) is 17.7 Å². The van der Waals surface area contributed by atoms with Crippen LogP contribution in [0.3, 0.4) is 0 Å². The minimum atomic E-state index is -0.649. The molecule has 154 valence electrons. The topological polar surface area (TPSA) is 111 Å². The number of aryl methyl sites for hydroxylation is 1. The zero-order valence-corrected chi connectivity index (χ0v) is 17.7. The van der Waals surface area contributed by atoms with Crippen LogP contribution in [0.1, 0.15) is 15.4 Å². The van der Waals surface area contributed by atoms with Gasteiger partial charge in [-0.15, -0.1) is 23.1 Å². The molecule has 1 aromatic heterocycles. The first-order valence-electron chi connectivity index (χ1n) is 8.92. The lowest BCUT2D eigenvalue weighted by Gasteiger charge is -2.10. The lowest BCUT2D eigenvalue weighted by atomic mass is 10.1. The van der Waals surface area contributed by atoms with Crippen LogP contribution in [0.25, 0.3) is 11.3 Å². The van der Waals surface area contributed by atoms with Gasteiger partial charge in [-0.2, -0.15) is 0 Å². The number of amides is 2. The van der Waals surface area contributed by atoms with E-state index in [0.29, 0.717) is 10.6 Å². The number of nitrogens with one attached hydrogen (secondary N) is 1. The summed E-state index contributed by atoms with van der Waals surface area (Å²) in [6.45, 7) is 1.49. The molecule has 3 rings (SSSR count). The normalized spacial score (nSPS) is 10.4. The highest BCUT2D eigenvalue weighted by Crippen LogP contribution is 2.25. The van der Waals surface area contributed by atoms with Crippen molar-refractivity contribution in [1.82, 2.24) is 4.98 Å². The Morgan fingerprint density at radius 1 is 1.17 bits per heavy atom. The fraction of sp³-hybridized carbons (Fsp3) is 0.143. The van der Waals surface area contributed by atoms with Crippen molar-refractivity contribution in [1.29, 1.82) is 0 Å². The predicted molar refractivity (Wildman–Crippen MR) is 118 cm³/mol. The molecule has 30 heavy (non-hydrogen) atoms. The van der Waals surface area contributed by atoms with Gasteiger partial charge < -0.3 is 15.8 Å². The van der Waals surface area contributed by atoms with Gasteiger partial charge >= 0.3 is 5.97 Å². The summed E-state index contributed by atoms with van der Waals surface area (Å²) >= 11 is 2.69. The zero-order valence-electron chi connectivity index (χ0n) is 16.1. The van der Waals surface area contributed by atoms with Gasteiger partial charge in [-0.1, -0.05) is 24.3 Å². The van der Waals surface area contributed by atoms with E-state index in [1.54, 1.807) is 41.7 Å². The highest BCUT2D eigenvalue weighted by atomic mass is 32.2. The van der Waals surface area contributed by atoms with E-state index in [2.05, 4.69) is 10.3 Å². The lowest BCUT2D eigenvalue weighted by Crippen LogP contribution is -2.21. The molecular weight excluding hydrogens is 422 g/mol. The number of nitrogens with zero attached hydrogens (tertiary/aromatic N) is 1. The third-order valence-electron chi connectivity index (χ3n) is 3.87. The summed E-state index contributed by atoms with van der Waals surface area (Å²) in [6.07, 6.45) is 0. The Morgan fingerprint density at radius 3 is 2.70 bits per heavy atom. The standard InChI is InChI=1S/C21H19N3O4S2/c1-13-23-17(11-29-13)14-5-4-6-15(9-14)24-20(26)10-28-21(27)16-7-2-3-8-18(16)30-12-19(22)25/h2-9,11H,10,12H2,1H3,(H2,22,25)(H,24,26). The molecule has 0 atom stereocenters. The number of carbonyl (C=O) groups is 3. The number of thioether (sulfide) groups is 1. The highest BCUT2D eigenvalue weighted by molar-refractivity contribution is 8.00. The van der Waals surface area contributed by atoms with Crippen molar-refractivity contribution in [3.05, 3.63) is 64.5 Å². The average molecular weight is 442 g/mol. The fourth-order valence-electron chi connectivity index (χ4n) is 2.57. The SMILES string of the molecule is Cc1nc(-c2cccc(NC(=O)COC(=O)c3ccccc3SCC(N)=O)c2)cs1. The molecule has 7 nitrogen and oxygen atoms in total. The fourth-order valence-corrected chi connectivity index (χ4v) is 3.97. The maximum atomic E-state index is 12.4. The molecule has 0 aliphatic heterocycles. The molecule has 3 N–H and O–H groups in total. The van der Waals surface area contributed by atoms with Crippen molar-refractivity contribution in [3.63, 3.8) is 0 Å². The highest BCUT2D eigenvalue weighted by Gasteiger charge is 2.15. The van der Waals surface area contributed by atoms with Crippen LogP contribution in [-0.4, -0.2) is 35.1 Å². The Kier molecular flexibility index (Phi) is 7.21. The number of hydrogen-bond acceptors (Lipinski definition) is 7. The number of esters is 1. The summed E-state index contributed by atoms with van der Waals surface area (Å²) in [5, 5.41) is 5.62. The van der Waals surface area contributed by atoms with Crippen LogP contribution in [0.5, 0.6) is 0 Å². The van der Waals surface area contributed by atoms with Gasteiger partial charge in [-0.3, -0.25) is 9.59 Å².